The normalized spacial score (nSPS) is 11.9. The number of aromatic nitrogens is 2. The molecule has 0 aliphatic carbocycles. The minimum Gasteiger partial charge on any atom is -0.456 e. The molecular formula is C17H22FN3O5S. The summed E-state index contributed by atoms with van der Waals surface area (Å²) in [5.41, 5.74) is 0. The lowest BCUT2D eigenvalue weighted by Crippen LogP contribution is -2.28. The van der Waals surface area contributed by atoms with Crippen molar-refractivity contribution in [2.75, 3.05) is 13.6 Å². The number of ether oxygens (including phenoxy) is 1. The Bertz CT molecular complexity index is 865. The van der Waals surface area contributed by atoms with Crippen molar-refractivity contribution in [2.24, 2.45) is 0 Å². The molecule has 148 valence electrons. The van der Waals surface area contributed by atoms with E-state index in [2.05, 4.69) is 10.1 Å². The average Bonchev–Trinajstić information content (AvgIpc) is 3.09. The van der Waals surface area contributed by atoms with E-state index in [1.807, 2.05) is 13.8 Å². The van der Waals surface area contributed by atoms with Crippen molar-refractivity contribution in [3.8, 4) is 0 Å². The first-order valence-corrected chi connectivity index (χ1v) is 9.84. The van der Waals surface area contributed by atoms with E-state index in [9.17, 15) is 17.6 Å². The largest absolute Gasteiger partial charge is 0.456 e. The van der Waals surface area contributed by atoms with Gasteiger partial charge < -0.3 is 9.26 Å². The smallest absolute Gasteiger partial charge is 0.306 e. The maximum absolute atomic E-state index is 12.9. The first-order chi connectivity index (χ1) is 12.7. The first-order valence-electron chi connectivity index (χ1n) is 8.40. The number of hydrogen-bond acceptors (Lipinski definition) is 7. The van der Waals surface area contributed by atoms with Crippen LogP contribution < -0.4 is 0 Å². The van der Waals surface area contributed by atoms with Gasteiger partial charge in [-0.2, -0.15) is 4.98 Å². The van der Waals surface area contributed by atoms with Crippen molar-refractivity contribution in [2.45, 2.75) is 44.1 Å². The summed E-state index contributed by atoms with van der Waals surface area (Å²) >= 11 is 0. The van der Waals surface area contributed by atoms with Crippen molar-refractivity contribution in [3.63, 3.8) is 0 Å². The Labute approximate surface area is 157 Å². The predicted molar refractivity (Wildman–Crippen MR) is 93.6 cm³/mol. The van der Waals surface area contributed by atoms with E-state index in [1.165, 1.54) is 19.2 Å². The SMILES string of the molecule is CC(C)c1noc(COC(=O)CCCN(C)S(=O)(=O)c2ccc(F)cc2)n1. The Balaban J connectivity index is 1.77. The molecule has 1 heterocycles. The van der Waals surface area contributed by atoms with Crippen LogP contribution in [0.15, 0.2) is 33.7 Å². The molecule has 0 N–H and O–H groups in total. The molecular weight excluding hydrogens is 377 g/mol. The van der Waals surface area contributed by atoms with Gasteiger partial charge in [0.2, 0.25) is 10.0 Å². The van der Waals surface area contributed by atoms with Gasteiger partial charge in [-0.1, -0.05) is 19.0 Å². The fourth-order valence-electron chi connectivity index (χ4n) is 2.13. The topological polar surface area (TPSA) is 103 Å². The third-order valence-electron chi connectivity index (χ3n) is 3.73. The second-order valence-corrected chi connectivity index (χ2v) is 8.29. The summed E-state index contributed by atoms with van der Waals surface area (Å²) in [7, 11) is -2.33. The quantitative estimate of drug-likeness (QED) is 0.597. The molecule has 2 rings (SSSR count). The van der Waals surface area contributed by atoms with Crippen LogP contribution in [0.2, 0.25) is 0 Å². The van der Waals surface area contributed by atoms with Gasteiger partial charge in [0, 0.05) is 25.9 Å². The standard InChI is InChI=1S/C17H22FN3O5S/c1-12(2)17-19-15(26-20-17)11-25-16(22)5-4-10-21(3)27(23,24)14-8-6-13(18)7-9-14/h6-9,12H,4-5,10-11H2,1-3H3. The molecule has 1 aromatic heterocycles. The number of benzene rings is 1. The van der Waals surface area contributed by atoms with Crippen molar-refractivity contribution >= 4 is 16.0 Å². The van der Waals surface area contributed by atoms with Crippen molar-refractivity contribution in [3.05, 3.63) is 41.8 Å². The maximum atomic E-state index is 12.9. The second-order valence-electron chi connectivity index (χ2n) is 6.25. The molecule has 0 saturated carbocycles. The number of rotatable bonds is 9. The Morgan fingerprint density at radius 2 is 1.96 bits per heavy atom. The zero-order valence-corrected chi connectivity index (χ0v) is 16.2. The Kier molecular flexibility index (Phi) is 7.03. The van der Waals surface area contributed by atoms with Gasteiger partial charge in [0.1, 0.15) is 5.82 Å². The molecule has 1 aromatic carbocycles. The van der Waals surface area contributed by atoms with E-state index in [0.29, 0.717) is 5.82 Å². The highest BCUT2D eigenvalue weighted by molar-refractivity contribution is 7.89. The van der Waals surface area contributed by atoms with Gasteiger partial charge in [0.05, 0.1) is 4.90 Å². The van der Waals surface area contributed by atoms with Gasteiger partial charge in [0.15, 0.2) is 12.4 Å². The van der Waals surface area contributed by atoms with Crippen LogP contribution in [0, 0.1) is 5.82 Å². The molecule has 0 amide bonds. The van der Waals surface area contributed by atoms with Crippen molar-refractivity contribution in [1.29, 1.82) is 0 Å². The number of hydrogen-bond donors (Lipinski definition) is 0. The van der Waals surface area contributed by atoms with Crippen LogP contribution in [0.4, 0.5) is 4.39 Å². The monoisotopic (exact) mass is 399 g/mol. The molecule has 0 fully saturated rings. The summed E-state index contributed by atoms with van der Waals surface area (Å²) in [5.74, 6) is -0.151. The van der Waals surface area contributed by atoms with Crippen LogP contribution in [-0.2, 0) is 26.2 Å². The predicted octanol–water partition coefficient (Wildman–Crippen LogP) is 2.48. The maximum Gasteiger partial charge on any atom is 0.306 e. The Morgan fingerprint density at radius 1 is 1.30 bits per heavy atom. The Hall–Kier alpha value is -2.33. The molecule has 0 spiro atoms. The molecule has 0 aliphatic rings. The molecule has 27 heavy (non-hydrogen) atoms. The number of nitrogens with zero attached hydrogens (tertiary/aromatic N) is 3. The van der Waals surface area contributed by atoms with E-state index in [-0.39, 0.29) is 42.7 Å². The van der Waals surface area contributed by atoms with Crippen LogP contribution in [0.5, 0.6) is 0 Å². The molecule has 2 aromatic rings. The molecule has 0 unspecified atom stereocenters. The van der Waals surface area contributed by atoms with Crippen molar-refractivity contribution in [1.82, 2.24) is 14.4 Å². The summed E-state index contributed by atoms with van der Waals surface area (Å²) < 4.78 is 48.7. The average molecular weight is 399 g/mol. The van der Waals surface area contributed by atoms with E-state index in [4.69, 9.17) is 9.26 Å². The number of sulfonamides is 1. The molecule has 0 radical (unpaired) electrons. The lowest BCUT2D eigenvalue weighted by atomic mass is 10.2. The van der Waals surface area contributed by atoms with Gasteiger partial charge in [-0.15, -0.1) is 0 Å². The molecule has 0 aliphatic heterocycles. The number of esters is 1. The molecule has 0 saturated heterocycles. The lowest BCUT2D eigenvalue weighted by molar-refractivity contribution is -0.145. The highest BCUT2D eigenvalue weighted by Crippen LogP contribution is 2.15. The Morgan fingerprint density at radius 3 is 2.56 bits per heavy atom. The fourth-order valence-corrected chi connectivity index (χ4v) is 3.34. The van der Waals surface area contributed by atoms with Gasteiger partial charge in [0.25, 0.3) is 5.89 Å². The highest BCUT2D eigenvalue weighted by Gasteiger charge is 2.21. The van der Waals surface area contributed by atoms with Crippen LogP contribution in [0.25, 0.3) is 0 Å². The van der Waals surface area contributed by atoms with Crippen molar-refractivity contribution < 1.29 is 26.9 Å². The molecule has 0 bridgehead atoms. The van der Waals surface area contributed by atoms with E-state index in [1.54, 1.807) is 0 Å². The zero-order chi connectivity index (χ0) is 20.0. The van der Waals surface area contributed by atoms with Gasteiger partial charge in [-0.05, 0) is 30.7 Å². The fraction of sp³-hybridized carbons (Fsp3) is 0.471. The van der Waals surface area contributed by atoms with Crippen LogP contribution in [-0.4, -0.2) is 42.4 Å². The summed E-state index contributed by atoms with van der Waals surface area (Å²) in [5, 5.41) is 3.77. The third-order valence-corrected chi connectivity index (χ3v) is 5.60. The number of carbonyl (C=O) groups excluding carboxylic acids is 1. The van der Waals surface area contributed by atoms with Crippen LogP contribution in [0.1, 0.15) is 44.3 Å². The van der Waals surface area contributed by atoms with Gasteiger partial charge in [-0.3, -0.25) is 4.79 Å². The van der Waals surface area contributed by atoms with E-state index >= 15 is 0 Å². The first kappa shape index (κ1) is 21.0. The number of carbonyl (C=O) groups is 1. The molecule has 0 atom stereocenters. The summed E-state index contributed by atoms with van der Waals surface area (Å²) in [6.07, 6.45) is 0.311. The van der Waals surface area contributed by atoms with Gasteiger partial charge in [-0.25, -0.2) is 17.1 Å². The lowest BCUT2D eigenvalue weighted by Gasteiger charge is -2.16. The highest BCUT2D eigenvalue weighted by atomic mass is 32.2. The summed E-state index contributed by atoms with van der Waals surface area (Å²) in [6.45, 7) is 3.82. The number of halogens is 1. The zero-order valence-electron chi connectivity index (χ0n) is 15.4. The molecule has 10 heteroatoms. The third kappa shape index (κ3) is 5.83. The minimum atomic E-state index is -3.73. The molecule has 8 nitrogen and oxygen atoms in total. The second kappa shape index (κ2) is 9.05. The van der Waals surface area contributed by atoms with Gasteiger partial charge >= 0.3 is 5.97 Å². The van der Waals surface area contributed by atoms with Crippen LogP contribution in [0.3, 0.4) is 0 Å². The summed E-state index contributed by atoms with van der Waals surface area (Å²) in [6, 6.07) is 4.57. The van der Waals surface area contributed by atoms with E-state index < -0.39 is 21.8 Å². The minimum absolute atomic E-state index is 0.00803. The summed E-state index contributed by atoms with van der Waals surface area (Å²) in [4.78, 5) is 15.9. The van der Waals surface area contributed by atoms with Crippen LogP contribution >= 0.6 is 0 Å². The van der Waals surface area contributed by atoms with E-state index in [0.717, 1.165) is 16.4 Å².